The topological polar surface area (TPSA) is 42.4 Å². The van der Waals surface area contributed by atoms with Gasteiger partial charge < -0.3 is 9.84 Å². The fourth-order valence-corrected chi connectivity index (χ4v) is 3.66. The van der Waals surface area contributed by atoms with Gasteiger partial charge in [-0.1, -0.05) is 55.8 Å². The third-order valence-corrected chi connectivity index (χ3v) is 5.59. The van der Waals surface area contributed by atoms with E-state index in [0.717, 1.165) is 53.9 Å². The predicted molar refractivity (Wildman–Crippen MR) is 129 cm³/mol. The number of hydrogen-bond acceptors (Lipinski definition) is 3. The third-order valence-electron chi connectivity index (χ3n) is 5.34. The van der Waals surface area contributed by atoms with Crippen molar-refractivity contribution < 1.29 is 9.84 Å². The smallest absolute Gasteiger partial charge is 0.141 e. The van der Waals surface area contributed by atoms with Gasteiger partial charge in [0.15, 0.2) is 0 Å². The van der Waals surface area contributed by atoms with Gasteiger partial charge in [0.25, 0.3) is 0 Å². The normalized spacial score (nSPS) is 11.8. The van der Waals surface area contributed by atoms with E-state index in [1.54, 1.807) is 0 Å². The van der Waals surface area contributed by atoms with Crippen LogP contribution in [0, 0.1) is 6.92 Å². The van der Waals surface area contributed by atoms with E-state index in [-0.39, 0.29) is 11.9 Å². The van der Waals surface area contributed by atoms with E-state index in [1.807, 2.05) is 48.5 Å². The van der Waals surface area contributed by atoms with Crippen LogP contribution < -0.4 is 4.74 Å². The SMILES string of the molecule is C=C(O)CCc1ccc(OC(CCCC)c2cccc(-c3ccc(Cl)cc3)n2)cc1C. The number of nitrogens with zero attached hydrogens (tertiary/aromatic N) is 1. The molecule has 2 aromatic carbocycles. The van der Waals surface area contributed by atoms with Crippen LogP contribution in [-0.2, 0) is 6.42 Å². The van der Waals surface area contributed by atoms with Gasteiger partial charge in [-0.15, -0.1) is 0 Å². The second kappa shape index (κ2) is 11.0. The number of unbranched alkanes of at least 4 members (excludes halogenated alkanes) is 1. The first kappa shape index (κ1) is 22.9. The lowest BCUT2D eigenvalue weighted by atomic mass is 10.0. The van der Waals surface area contributed by atoms with E-state index in [1.165, 1.54) is 5.56 Å². The van der Waals surface area contributed by atoms with Crippen molar-refractivity contribution in [1.29, 1.82) is 0 Å². The Morgan fingerprint density at radius 1 is 1.13 bits per heavy atom. The Hall–Kier alpha value is -2.78. The Morgan fingerprint density at radius 3 is 2.58 bits per heavy atom. The van der Waals surface area contributed by atoms with Crippen LogP contribution >= 0.6 is 11.6 Å². The Labute approximate surface area is 190 Å². The van der Waals surface area contributed by atoms with E-state index < -0.39 is 0 Å². The summed E-state index contributed by atoms with van der Waals surface area (Å²) in [7, 11) is 0. The van der Waals surface area contributed by atoms with Crippen LogP contribution in [0.1, 0.15) is 55.5 Å². The second-order valence-electron chi connectivity index (χ2n) is 7.86. The molecule has 3 aromatic rings. The molecular formula is C27H30ClNO2. The zero-order valence-electron chi connectivity index (χ0n) is 18.3. The minimum absolute atomic E-state index is 0.116. The third kappa shape index (κ3) is 6.60. The van der Waals surface area contributed by atoms with E-state index in [4.69, 9.17) is 21.3 Å². The predicted octanol–water partition coefficient (Wildman–Crippen LogP) is 8.03. The molecule has 3 nitrogen and oxygen atoms in total. The molecule has 1 atom stereocenters. The summed E-state index contributed by atoms with van der Waals surface area (Å²) in [5, 5.41) is 10.1. The molecule has 0 aliphatic rings. The van der Waals surface area contributed by atoms with E-state index in [9.17, 15) is 5.11 Å². The van der Waals surface area contributed by atoms with Crippen molar-refractivity contribution in [3.05, 3.63) is 94.8 Å². The zero-order valence-corrected chi connectivity index (χ0v) is 19.0. The van der Waals surface area contributed by atoms with E-state index in [0.29, 0.717) is 11.4 Å². The Bertz CT molecular complexity index is 1010. The summed E-state index contributed by atoms with van der Waals surface area (Å²) in [6.45, 7) is 7.82. The monoisotopic (exact) mass is 435 g/mol. The molecule has 0 aliphatic carbocycles. The van der Waals surface area contributed by atoms with Crippen LogP contribution in [-0.4, -0.2) is 10.1 Å². The van der Waals surface area contributed by atoms with Crippen LogP contribution in [0.3, 0.4) is 0 Å². The van der Waals surface area contributed by atoms with Crippen molar-refractivity contribution in [1.82, 2.24) is 4.98 Å². The lowest BCUT2D eigenvalue weighted by Gasteiger charge is -2.20. The van der Waals surface area contributed by atoms with Gasteiger partial charge in [0.1, 0.15) is 11.9 Å². The molecule has 0 saturated heterocycles. The van der Waals surface area contributed by atoms with Crippen molar-refractivity contribution in [2.24, 2.45) is 0 Å². The minimum Gasteiger partial charge on any atom is -0.513 e. The first-order chi connectivity index (χ1) is 15.0. The van der Waals surface area contributed by atoms with Crippen LogP contribution in [0.4, 0.5) is 0 Å². The summed E-state index contributed by atoms with van der Waals surface area (Å²) >= 11 is 6.03. The fraction of sp³-hybridized carbons (Fsp3) is 0.296. The molecule has 1 unspecified atom stereocenters. The van der Waals surface area contributed by atoms with Crippen molar-refractivity contribution in [3.8, 4) is 17.0 Å². The number of aliphatic hydroxyl groups excluding tert-OH is 1. The molecule has 0 saturated carbocycles. The second-order valence-corrected chi connectivity index (χ2v) is 8.29. The number of allylic oxidation sites excluding steroid dienone is 1. The van der Waals surface area contributed by atoms with Gasteiger partial charge in [0.2, 0.25) is 0 Å². The lowest BCUT2D eigenvalue weighted by Crippen LogP contribution is -2.10. The van der Waals surface area contributed by atoms with Gasteiger partial charge >= 0.3 is 0 Å². The molecule has 1 heterocycles. The van der Waals surface area contributed by atoms with Crippen molar-refractivity contribution in [2.75, 3.05) is 0 Å². The van der Waals surface area contributed by atoms with Gasteiger partial charge in [-0.25, -0.2) is 4.98 Å². The summed E-state index contributed by atoms with van der Waals surface area (Å²) in [5.74, 6) is 1.05. The highest BCUT2D eigenvalue weighted by molar-refractivity contribution is 6.30. The highest BCUT2D eigenvalue weighted by atomic mass is 35.5. The fourth-order valence-electron chi connectivity index (χ4n) is 3.53. The average Bonchev–Trinajstić information content (AvgIpc) is 2.76. The molecule has 0 radical (unpaired) electrons. The summed E-state index contributed by atoms with van der Waals surface area (Å²) in [6.07, 6.45) is 4.29. The molecule has 0 amide bonds. The number of halogens is 1. The molecular weight excluding hydrogens is 406 g/mol. The molecule has 162 valence electrons. The number of pyridine rings is 1. The molecule has 0 spiro atoms. The van der Waals surface area contributed by atoms with Gasteiger partial charge in [-0.3, -0.25) is 0 Å². The maximum absolute atomic E-state index is 9.37. The molecule has 0 fully saturated rings. The van der Waals surface area contributed by atoms with Gasteiger partial charge in [-0.05, 0) is 73.7 Å². The number of ether oxygens (including phenoxy) is 1. The van der Waals surface area contributed by atoms with Crippen molar-refractivity contribution in [2.45, 2.75) is 52.1 Å². The summed E-state index contributed by atoms with van der Waals surface area (Å²) in [6, 6.07) is 20.0. The number of hydrogen-bond donors (Lipinski definition) is 1. The molecule has 1 N–H and O–H groups in total. The van der Waals surface area contributed by atoms with Gasteiger partial charge in [0, 0.05) is 17.0 Å². The summed E-state index contributed by atoms with van der Waals surface area (Å²) in [4.78, 5) is 4.91. The molecule has 1 aromatic heterocycles. The number of rotatable bonds is 10. The van der Waals surface area contributed by atoms with Crippen LogP contribution in [0.5, 0.6) is 5.75 Å². The minimum atomic E-state index is -0.116. The first-order valence-corrected chi connectivity index (χ1v) is 11.2. The van der Waals surface area contributed by atoms with E-state index >= 15 is 0 Å². The highest BCUT2D eigenvalue weighted by Crippen LogP contribution is 2.29. The number of aryl methyl sites for hydroxylation is 2. The van der Waals surface area contributed by atoms with Gasteiger partial charge in [-0.2, -0.15) is 0 Å². The number of benzene rings is 2. The standard InChI is InChI=1S/C27H30ClNO2/c1-4-5-9-27(31-24-17-14-21(19(2)18-24)11-10-20(3)30)26-8-6-7-25(29-26)22-12-15-23(28)16-13-22/h6-8,12-18,27,30H,3-5,9-11H2,1-2H3. The molecule has 4 heteroatoms. The van der Waals surface area contributed by atoms with Crippen LogP contribution in [0.15, 0.2) is 73.0 Å². The van der Waals surface area contributed by atoms with Crippen LogP contribution in [0.2, 0.25) is 5.02 Å². The largest absolute Gasteiger partial charge is 0.513 e. The summed E-state index contributed by atoms with van der Waals surface area (Å²) < 4.78 is 6.42. The molecule has 31 heavy (non-hydrogen) atoms. The Kier molecular flexibility index (Phi) is 8.13. The first-order valence-electron chi connectivity index (χ1n) is 10.8. The molecule has 0 bridgehead atoms. The average molecular weight is 436 g/mol. The van der Waals surface area contributed by atoms with E-state index in [2.05, 4.69) is 32.6 Å². The molecule has 0 aliphatic heterocycles. The zero-order chi connectivity index (χ0) is 22.2. The molecule has 3 rings (SSSR count). The quantitative estimate of drug-likeness (QED) is 0.328. The summed E-state index contributed by atoms with van der Waals surface area (Å²) in [5.41, 5.74) is 5.21. The maximum Gasteiger partial charge on any atom is 0.141 e. The Morgan fingerprint density at radius 2 is 1.90 bits per heavy atom. The van der Waals surface area contributed by atoms with Crippen LogP contribution in [0.25, 0.3) is 11.3 Å². The van der Waals surface area contributed by atoms with Crippen molar-refractivity contribution in [3.63, 3.8) is 0 Å². The van der Waals surface area contributed by atoms with Gasteiger partial charge in [0.05, 0.1) is 17.1 Å². The number of aromatic nitrogens is 1. The highest BCUT2D eigenvalue weighted by Gasteiger charge is 2.16. The lowest BCUT2D eigenvalue weighted by molar-refractivity contribution is 0.186. The Balaban J connectivity index is 1.82. The number of aliphatic hydroxyl groups is 1. The maximum atomic E-state index is 9.37. The van der Waals surface area contributed by atoms with Crippen molar-refractivity contribution >= 4 is 11.6 Å².